The smallest absolute Gasteiger partial charge is 0.263 e. The van der Waals surface area contributed by atoms with Crippen molar-refractivity contribution in [2.24, 2.45) is 0 Å². The molecule has 8 heteroatoms. The van der Waals surface area contributed by atoms with Crippen molar-refractivity contribution in [1.29, 1.82) is 0 Å². The van der Waals surface area contributed by atoms with Crippen LogP contribution in [0.4, 0.5) is 11.4 Å². The standard InChI is InChI=1S/C23H23N3O4S/c1-15(22(27)25-17-11-13-24-14-12-17)31-18-9-7-16(8-10-18)26-23(28)21-19(29-2)5-4-6-20(21)30-3/h4-15H,1-3H3,(H,26,28)(H,24,25,27). The molecule has 2 amide bonds. The highest BCUT2D eigenvalue weighted by Crippen LogP contribution is 2.30. The Morgan fingerprint density at radius 2 is 1.45 bits per heavy atom. The zero-order valence-corrected chi connectivity index (χ0v) is 18.2. The summed E-state index contributed by atoms with van der Waals surface area (Å²) in [5, 5.41) is 5.41. The van der Waals surface area contributed by atoms with Crippen molar-refractivity contribution in [3.8, 4) is 11.5 Å². The molecule has 1 aromatic heterocycles. The molecule has 0 aliphatic heterocycles. The maximum atomic E-state index is 12.8. The van der Waals surface area contributed by atoms with Crippen LogP contribution in [0.5, 0.6) is 11.5 Å². The molecule has 31 heavy (non-hydrogen) atoms. The second kappa shape index (κ2) is 10.5. The van der Waals surface area contributed by atoms with Gasteiger partial charge in [0, 0.05) is 28.7 Å². The summed E-state index contributed by atoms with van der Waals surface area (Å²) in [4.78, 5) is 30.0. The number of nitrogens with zero attached hydrogens (tertiary/aromatic N) is 1. The number of carbonyl (C=O) groups excluding carboxylic acids is 2. The van der Waals surface area contributed by atoms with Crippen molar-refractivity contribution in [1.82, 2.24) is 4.98 Å². The van der Waals surface area contributed by atoms with Crippen LogP contribution in [0.15, 0.2) is 71.9 Å². The lowest BCUT2D eigenvalue weighted by Crippen LogP contribution is -2.22. The lowest BCUT2D eigenvalue weighted by molar-refractivity contribution is -0.115. The Hall–Kier alpha value is -3.52. The Morgan fingerprint density at radius 1 is 0.871 bits per heavy atom. The van der Waals surface area contributed by atoms with Gasteiger partial charge in [0.2, 0.25) is 5.91 Å². The number of hydrogen-bond acceptors (Lipinski definition) is 6. The van der Waals surface area contributed by atoms with E-state index in [0.29, 0.717) is 28.4 Å². The minimum atomic E-state index is -0.334. The minimum absolute atomic E-state index is 0.100. The molecule has 1 atom stereocenters. The normalized spacial score (nSPS) is 11.3. The van der Waals surface area contributed by atoms with Crippen molar-refractivity contribution >= 4 is 35.0 Å². The average molecular weight is 438 g/mol. The highest BCUT2D eigenvalue weighted by Gasteiger charge is 2.19. The summed E-state index contributed by atoms with van der Waals surface area (Å²) in [6.45, 7) is 1.84. The molecule has 160 valence electrons. The summed E-state index contributed by atoms with van der Waals surface area (Å²) >= 11 is 1.43. The largest absolute Gasteiger partial charge is 0.496 e. The summed E-state index contributed by atoms with van der Waals surface area (Å²) in [5.74, 6) is 0.424. The Balaban J connectivity index is 1.63. The lowest BCUT2D eigenvalue weighted by Gasteiger charge is -2.14. The van der Waals surface area contributed by atoms with Crippen LogP contribution in [0.2, 0.25) is 0 Å². The molecule has 3 rings (SSSR count). The maximum Gasteiger partial charge on any atom is 0.263 e. The molecular weight excluding hydrogens is 414 g/mol. The quantitative estimate of drug-likeness (QED) is 0.506. The van der Waals surface area contributed by atoms with Crippen LogP contribution in [0, 0.1) is 0 Å². The third-order valence-corrected chi connectivity index (χ3v) is 5.51. The van der Waals surface area contributed by atoms with Gasteiger partial charge in [-0.05, 0) is 55.5 Å². The number of benzene rings is 2. The first-order valence-corrected chi connectivity index (χ1v) is 10.4. The van der Waals surface area contributed by atoms with Crippen LogP contribution in [0.3, 0.4) is 0 Å². The number of rotatable bonds is 8. The first-order chi connectivity index (χ1) is 15.0. The molecule has 0 spiro atoms. The number of methoxy groups -OCH3 is 2. The van der Waals surface area contributed by atoms with E-state index in [4.69, 9.17) is 9.47 Å². The second-order valence-electron chi connectivity index (χ2n) is 6.50. The van der Waals surface area contributed by atoms with Gasteiger partial charge in [-0.1, -0.05) is 6.07 Å². The average Bonchev–Trinajstić information content (AvgIpc) is 2.80. The first-order valence-electron chi connectivity index (χ1n) is 9.51. The van der Waals surface area contributed by atoms with Crippen LogP contribution in [0.25, 0.3) is 0 Å². The van der Waals surface area contributed by atoms with E-state index in [1.165, 1.54) is 26.0 Å². The Kier molecular flexibility index (Phi) is 7.50. The van der Waals surface area contributed by atoms with Crippen molar-refractivity contribution in [3.05, 3.63) is 72.6 Å². The van der Waals surface area contributed by atoms with Gasteiger partial charge in [0.1, 0.15) is 17.1 Å². The molecular formula is C23H23N3O4S. The van der Waals surface area contributed by atoms with Gasteiger partial charge in [-0.25, -0.2) is 0 Å². The summed E-state index contributed by atoms with van der Waals surface area (Å²) < 4.78 is 10.6. The predicted molar refractivity (Wildman–Crippen MR) is 122 cm³/mol. The molecule has 7 nitrogen and oxygen atoms in total. The van der Waals surface area contributed by atoms with E-state index >= 15 is 0 Å². The van der Waals surface area contributed by atoms with Gasteiger partial charge in [-0.3, -0.25) is 14.6 Å². The number of anilines is 2. The molecule has 0 saturated carbocycles. The number of nitrogens with one attached hydrogen (secondary N) is 2. The van der Waals surface area contributed by atoms with E-state index < -0.39 is 0 Å². The van der Waals surface area contributed by atoms with Gasteiger partial charge in [0.15, 0.2) is 0 Å². The van der Waals surface area contributed by atoms with E-state index in [9.17, 15) is 9.59 Å². The SMILES string of the molecule is COc1cccc(OC)c1C(=O)Nc1ccc(SC(C)C(=O)Nc2ccncc2)cc1. The van der Waals surface area contributed by atoms with Crippen molar-refractivity contribution < 1.29 is 19.1 Å². The molecule has 0 bridgehead atoms. The van der Waals surface area contributed by atoms with E-state index in [2.05, 4.69) is 15.6 Å². The van der Waals surface area contributed by atoms with Crippen LogP contribution >= 0.6 is 11.8 Å². The fourth-order valence-corrected chi connectivity index (χ4v) is 3.69. The van der Waals surface area contributed by atoms with Crippen LogP contribution < -0.4 is 20.1 Å². The Bertz CT molecular complexity index is 1020. The topological polar surface area (TPSA) is 89.5 Å². The molecule has 0 saturated heterocycles. The van der Waals surface area contributed by atoms with Gasteiger partial charge < -0.3 is 20.1 Å². The summed E-state index contributed by atoms with van der Waals surface area (Å²) in [7, 11) is 3.01. The number of ether oxygens (including phenoxy) is 2. The Labute approximate surface area is 185 Å². The zero-order valence-electron chi connectivity index (χ0n) is 17.4. The van der Waals surface area contributed by atoms with Crippen LogP contribution in [0.1, 0.15) is 17.3 Å². The third-order valence-electron chi connectivity index (χ3n) is 4.40. The van der Waals surface area contributed by atoms with Crippen molar-refractivity contribution in [2.75, 3.05) is 24.9 Å². The molecule has 0 aliphatic rings. The molecule has 1 heterocycles. The maximum absolute atomic E-state index is 12.8. The number of thioether (sulfide) groups is 1. The van der Waals surface area contributed by atoms with Gasteiger partial charge >= 0.3 is 0 Å². The molecule has 1 unspecified atom stereocenters. The fourth-order valence-electron chi connectivity index (χ4n) is 2.82. The zero-order chi connectivity index (χ0) is 22.2. The van der Waals surface area contributed by atoms with Crippen molar-refractivity contribution in [2.45, 2.75) is 17.1 Å². The number of amides is 2. The van der Waals surface area contributed by atoms with E-state index in [1.807, 2.05) is 19.1 Å². The van der Waals surface area contributed by atoms with Gasteiger partial charge in [-0.2, -0.15) is 0 Å². The number of carbonyl (C=O) groups is 2. The summed E-state index contributed by atoms with van der Waals surface area (Å²) in [5.41, 5.74) is 1.65. The van der Waals surface area contributed by atoms with E-state index in [1.54, 1.807) is 54.9 Å². The predicted octanol–water partition coefficient (Wildman–Crippen LogP) is 4.47. The highest BCUT2D eigenvalue weighted by molar-refractivity contribution is 8.00. The van der Waals surface area contributed by atoms with E-state index in [-0.39, 0.29) is 17.1 Å². The van der Waals surface area contributed by atoms with Crippen molar-refractivity contribution in [3.63, 3.8) is 0 Å². The van der Waals surface area contributed by atoms with E-state index in [0.717, 1.165) is 4.90 Å². The summed E-state index contributed by atoms with van der Waals surface area (Å²) in [6.07, 6.45) is 3.25. The highest BCUT2D eigenvalue weighted by atomic mass is 32.2. The molecule has 3 aromatic rings. The Morgan fingerprint density at radius 3 is 2.03 bits per heavy atom. The number of aromatic nitrogens is 1. The lowest BCUT2D eigenvalue weighted by atomic mass is 10.1. The third kappa shape index (κ3) is 5.76. The molecule has 0 fully saturated rings. The molecule has 2 aromatic carbocycles. The van der Waals surface area contributed by atoms with Crippen LogP contribution in [-0.4, -0.2) is 36.3 Å². The monoisotopic (exact) mass is 437 g/mol. The van der Waals surface area contributed by atoms with Crippen LogP contribution in [-0.2, 0) is 4.79 Å². The number of hydrogen-bond donors (Lipinski definition) is 2. The molecule has 2 N–H and O–H groups in total. The van der Waals surface area contributed by atoms with Gasteiger partial charge in [-0.15, -0.1) is 11.8 Å². The molecule has 0 radical (unpaired) electrons. The summed E-state index contributed by atoms with van der Waals surface area (Å²) in [6, 6.07) is 15.9. The second-order valence-corrected chi connectivity index (χ2v) is 7.92. The van der Waals surface area contributed by atoms with Gasteiger partial charge in [0.05, 0.1) is 19.5 Å². The van der Waals surface area contributed by atoms with Gasteiger partial charge in [0.25, 0.3) is 5.91 Å². The molecule has 0 aliphatic carbocycles. The fraction of sp³-hybridized carbons (Fsp3) is 0.174. The number of pyridine rings is 1. The first kappa shape index (κ1) is 22.2. The minimum Gasteiger partial charge on any atom is -0.496 e.